The van der Waals surface area contributed by atoms with Gasteiger partial charge in [-0.05, 0) is 43.2 Å². The summed E-state index contributed by atoms with van der Waals surface area (Å²) >= 11 is 1.55. The number of aryl methyl sites for hydroxylation is 2. The van der Waals surface area contributed by atoms with E-state index in [1.165, 1.54) is 5.56 Å². The zero-order valence-electron chi connectivity index (χ0n) is 16.2. The van der Waals surface area contributed by atoms with Gasteiger partial charge in [-0.25, -0.2) is 4.98 Å². The summed E-state index contributed by atoms with van der Waals surface area (Å²) in [4.78, 5) is 21.6. The molecular weight excluding hydrogens is 380 g/mol. The second-order valence-corrected chi connectivity index (χ2v) is 7.71. The highest BCUT2D eigenvalue weighted by Crippen LogP contribution is 2.25. The fourth-order valence-corrected chi connectivity index (χ4v) is 4.02. The molecule has 1 amide bonds. The zero-order chi connectivity index (χ0) is 20.1. The molecule has 0 saturated carbocycles. The Hall–Kier alpha value is -3.25. The molecule has 3 heterocycles. The monoisotopic (exact) mass is 402 g/mol. The largest absolute Gasteiger partial charge is 0.343 e. The zero-order valence-corrected chi connectivity index (χ0v) is 17.0. The standard InChI is InChI=1S/C23H22N4OS/c1-17(23-26-20(16-29-23)19-9-12-24-13-10-19)25-22(28)21-8-5-14-27(21)15-11-18-6-3-2-4-7-18/h2-10,12-14,16-17H,11,15H2,1H3,(H,25,28). The second kappa shape index (κ2) is 8.84. The van der Waals surface area contributed by atoms with Crippen LogP contribution in [0, 0.1) is 0 Å². The molecule has 4 aromatic rings. The molecule has 0 aliphatic carbocycles. The fourth-order valence-electron chi connectivity index (χ4n) is 3.18. The molecule has 1 unspecified atom stereocenters. The lowest BCUT2D eigenvalue weighted by Crippen LogP contribution is -2.28. The Morgan fingerprint density at radius 1 is 1.10 bits per heavy atom. The second-order valence-electron chi connectivity index (χ2n) is 6.82. The van der Waals surface area contributed by atoms with Gasteiger partial charge in [0.05, 0.1) is 11.7 Å². The molecule has 4 rings (SSSR count). The summed E-state index contributed by atoms with van der Waals surface area (Å²) in [6.45, 7) is 2.72. The highest BCUT2D eigenvalue weighted by Gasteiger charge is 2.17. The van der Waals surface area contributed by atoms with Gasteiger partial charge in [0.1, 0.15) is 10.7 Å². The fraction of sp³-hybridized carbons (Fsp3) is 0.174. The highest BCUT2D eigenvalue weighted by atomic mass is 32.1. The topological polar surface area (TPSA) is 59.8 Å². The molecule has 5 nitrogen and oxygen atoms in total. The van der Waals surface area contributed by atoms with Crippen LogP contribution < -0.4 is 5.32 Å². The molecule has 146 valence electrons. The van der Waals surface area contributed by atoms with Gasteiger partial charge in [-0.2, -0.15) is 0 Å². The molecule has 0 radical (unpaired) electrons. The van der Waals surface area contributed by atoms with Crippen molar-refractivity contribution in [2.45, 2.75) is 25.9 Å². The minimum atomic E-state index is -0.166. The van der Waals surface area contributed by atoms with Gasteiger partial charge in [-0.15, -0.1) is 11.3 Å². The van der Waals surface area contributed by atoms with Crippen molar-refractivity contribution in [3.05, 3.63) is 94.8 Å². The molecule has 1 atom stereocenters. The maximum absolute atomic E-state index is 12.8. The van der Waals surface area contributed by atoms with E-state index in [-0.39, 0.29) is 11.9 Å². The lowest BCUT2D eigenvalue weighted by molar-refractivity contribution is 0.0930. The Bertz CT molecular complexity index is 1070. The molecule has 1 N–H and O–H groups in total. The first kappa shape index (κ1) is 19.1. The van der Waals surface area contributed by atoms with E-state index in [1.54, 1.807) is 23.7 Å². The lowest BCUT2D eigenvalue weighted by Gasteiger charge is -2.13. The van der Waals surface area contributed by atoms with Crippen molar-refractivity contribution in [1.29, 1.82) is 0 Å². The van der Waals surface area contributed by atoms with E-state index in [2.05, 4.69) is 27.4 Å². The molecule has 6 heteroatoms. The molecule has 0 bridgehead atoms. The summed E-state index contributed by atoms with van der Waals surface area (Å²) in [5.74, 6) is -0.0868. The van der Waals surface area contributed by atoms with Crippen molar-refractivity contribution in [3.63, 3.8) is 0 Å². The SMILES string of the molecule is CC(NC(=O)c1cccn1CCc1ccccc1)c1nc(-c2ccncc2)cs1. The summed E-state index contributed by atoms with van der Waals surface area (Å²) in [5, 5.41) is 5.97. The number of nitrogens with one attached hydrogen (secondary N) is 1. The summed E-state index contributed by atoms with van der Waals surface area (Å²) in [6, 6.07) is 17.8. The minimum Gasteiger partial charge on any atom is -0.343 e. The van der Waals surface area contributed by atoms with E-state index in [0.29, 0.717) is 5.69 Å². The maximum Gasteiger partial charge on any atom is 0.268 e. The minimum absolute atomic E-state index is 0.0868. The molecular formula is C23H22N4OS. The van der Waals surface area contributed by atoms with E-state index < -0.39 is 0 Å². The first-order valence-corrected chi connectivity index (χ1v) is 10.4. The van der Waals surface area contributed by atoms with Crippen LogP contribution >= 0.6 is 11.3 Å². The Kier molecular flexibility index (Phi) is 5.81. The van der Waals surface area contributed by atoms with Crippen molar-refractivity contribution in [2.75, 3.05) is 0 Å². The summed E-state index contributed by atoms with van der Waals surface area (Å²) in [7, 11) is 0. The Balaban J connectivity index is 1.41. The first-order chi connectivity index (χ1) is 14.2. The molecule has 3 aromatic heterocycles. The highest BCUT2D eigenvalue weighted by molar-refractivity contribution is 7.10. The van der Waals surface area contributed by atoms with Crippen LogP contribution in [0.25, 0.3) is 11.3 Å². The van der Waals surface area contributed by atoms with E-state index in [4.69, 9.17) is 0 Å². The van der Waals surface area contributed by atoms with Gasteiger partial charge in [-0.1, -0.05) is 30.3 Å². The van der Waals surface area contributed by atoms with Gasteiger partial charge >= 0.3 is 0 Å². The predicted molar refractivity (Wildman–Crippen MR) is 116 cm³/mol. The number of nitrogens with zero attached hydrogens (tertiary/aromatic N) is 3. The number of carbonyl (C=O) groups excluding carboxylic acids is 1. The Morgan fingerprint density at radius 2 is 1.90 bits per heavy atom. The quantitative estimate of drug-likeness (QED) is 0.486. The summed E-state index contributed by atoms with van der Waals surface area (Å²) in [6.07, 6.45) is 6.34. The van der Waals surface area contributed by atoms with Crippen LogP contribution in [0.4, 0.5) is 0 Å². The molecule has 0 fully saturated rings. The lowest BCUT2D eigenvalue weighted by atomic mass is 10.1. The number of amides is 1. The van der Waals surface area contributed by atoms with Gasteiger partial charge in [-0.3, -0.25) is 9.78 Å². The van der Waals surface area contributed by atoms with Gasteiger partial charge in [0.15, 0.2) is 0 Å². The van der Waals surface area contributed by atoms with Crippen LogP contribution in [-0.2, 0) is 13.0 Å². The number of carbonyl (C=O) groups is 1. The number of pyridine rings is 1. The normalized spacial score (nSPS) is 11.9. The van der Waals surface area contributed by atoms with E-state index in [9.17, 15) is 4.79 Å². The number of thiazole rings is 1. The van der Waals surface area contributed by atoms with Crippen LogP contribution in [-0.4, -0.2) is 20.4 Å². The van der Waals surface area contributed by atoms with E-state index in [1.807, 2.05) is 65.5 Å². The van der Waals surface area contributed by atoms with Crippen LogP contribution in [0.5, 0.6) is 0 Å². The molecule has 0 saturated heterocycles. The summed E-state index contributed by atoms with van der Waals surface area (Å²) in [5.41, 5.74) is 3.85. The average molecular weight is 403 g/mol. The molecule has 0 spiro atoms. The van der Waals surface area contributed by atoms with E-state index >= 15 is 0 Å². The maximum atomic E-state index is 12.8. The first-order valence-electron chi connectivity index (χ1n) is 9.56. The van der Waals surface area contributed by atoms with Gasteiger partial charge in [0.25, 0.3) is 5.91 Å². The third-order valence-corrected chi connectivity index (χ3v) is 5.79. The van der Waals surface area contributed by atoms with Crippen LogP contribution in [0.2, 0.25) is 0 Å². The predicted octanol–water partition coefficient (Wildman–Crippen LogP) is 4.74. The molecule has 0 aliphatic rings. The van der Waals surface area contributed by atoms with Crippen LogP contribution in [0.1, 0.15) is 34.0 Å². The smallest absolute Gasteiger partial charge is 0.268 e. The van der Waals surface area contributed by atoms with E-state index in [0.717, 1.165) is 29.2 Å². The number of hydrogen-bond acceptors (Lipinski definition) is 4. The average Bonchev–Trinajstić information content (AvgIpc) is 3.43. The van der Waals surface area contributed by atoms with Crippen molar-refractivity contribution in [2.24, 2.45) is 0 Å². The Labute approximate surface area is 174 Å². The Morgan fingerprint density at radius 3 is 2.69 bits per heavy atom. The van der Waals surface area contributed by atoms with Crippen molar-refractivity contribution >= 4 is 17.2 Å². The number of aromatic nitrogens is 3. The van der Waals surface area contributed by atoms with Gasteiger partial charge < -0.3 is 9.88 Å². The molecule has 29 heavy (non-hydrogen) atoms. The van der Waals surface area contributed by atoms with Crippen molar-refractivity contribution in [3.8, 4) is 11.3 Å². The van der Waals surface area contributed by atoms with Crippen LogP contribution in [0.3, 0.4) is 0 Å². The van der Waals surface area contributed by atoms with Gasteiger partial charge in [0.2, 0.25) is 0 Å². The summed E-state index contributed by atoms with van der Waals surface area (Å²) < 4.78 is 2.00. The van der Waals surface area contributed by atoms with Gasteiger partial charge in [0, 0.05) is 36.1 Å². The van der Waals surface area contributed by atoms with Crippen molar-refractivity contribution < 1.29 is 4.79 Å². The molecule has 1 aromatic carbocycles. The molecule has 0 aliphatic heterocycles. The third kappa shape index (κ3) is 4.60. The number of benzene rings is 1. The third-order valence-electron chi connectivity index (χ3n) is 4.76. The number of hydrogen-bond donors (Lipinski definition) is 1. The number of rotatable bonds is 7. The van der Waals surface area contributed by atoms with Crippen LogP contribution in [0.15, 0.2) is 78.6 Å². The van der Waals surface area contributed by atoms with Crippen molar-refractivity contribution in [1.82, 2.24) is 19.9 Å².